The molecule has 0 aromatic heterocycles. The summed E-state index contributed by atoms with van der Waals surface area (Å²) in [5.74, 6) is 1.81. The molecule has 0 amide bonds. The highest BCUT2D eigenvalue weighted by atomic mass is 32.2. The summed E-state index contributed by atoms with van der Waals surface area (Å²) in [4.78, 5) is 0. The van der Waals surface area contributed by atoms with Crippen LogP contribution >= 0.6 is 0 Å². The number of sulfonamides is 1. The van der Waals surface area contributed by atoms with Crippen LogP contribution in [0.15, 0.2) is 61.2 Å². The van der Waals surface area contributed by atoms with Crippen molar-refractivity contribution in [3.63, 3.8) is 0 Å². The fraction of sp³-hybridized carbons (Fsp3) is 0.500. The van der Waals surface area contributed by atoms with Crippen molar-refractivity contribution in [3.8, 4) is 11.5 Å². The van der Waals surface area contributed by atoms with Gasteiger partial charge in [0, 0.05) is 26.3 Å². The maximum atomic E-state index is 14.3. The number of hydrogen-bond donors (Lipinski definition) is 0. The molecule has 192 valence electrons. The molecule has 1 saturated heterocycles. The van der Waals surface area contributed by atoms with Crippen LogP contribution in [-0.2, 0) is 27.8 Å². The molecule has 0 saturated carbocycles. The normalized spacial score (nSPS) is 16.6. The van der Waals surface area contributed by atoms with Crippen molar-refractivity contribution in [2.45, 2.75) is 50.9 Å². The lowest BCUT2D eigenvalue weighted by Gasteiger charge is -2.34. The van der Waals surface area contributed by atoms with Gasteiger partial charge in [-0.15, -0.1) is 6.58 Å². The van der Waals surface area contributed by atoms with Gasteiger partial charge in [-0.05, 0) is 72.9 Å². The first-order valence-corrected chi connectivity index (χ1v) is 13.8. The maximum absolute atomic E-state index is 14.3. The summed E-state index contributed by atoms with van der Waals surface area (Å²) in [7, 11) is -0.385. The average molecular weight is 502 g/mol. The van der Waals surface area contributed by atoms with E-state index in [1.165, 1.54) is 0 Å². The van der Waals surface area contributed by atoms with Gasteiger partial charge >= 0.3 is 0 Å². The first-order valence-electron chi connectivity index (χ1n) is 12.3. The Morgan fingerprint density at radius 3 is 1.89 bits per heavy atom. The number of methoxy groups -OCH3 is 2. The molecule has 2 atom stereocenters. The van der Waals surface area contributed by atoms with Crippen molar-refractivity contribution >= 4 is 10.0 Å². The van der Waals surface area contributed by atoms with Gasteiger partial charge in [-0.2, -0.15) is 4.31 Å². The van der Waals surface area contributed by atoms with Gasteiger partial charge in [0.15, 0.2) is 0 Å². The molecule has 0 aliphatic carbocycles. The van der Waals surface area contributed by atoms with Crippen molar-refractivity contribution in [3.05, 3.63) is 72.3 Å². The zero-order valence-corrected chi connectivity index (χ0v) is 22.0. The topological polar surface area (TPSA) is 65.1 Å². The maximum Gasteiger partial charge on any atom is 0.217 e. The second-order valence-corrected chi connectivity index (χ2v) is 11.5. The highest BCUT2D eigenvalue weighted by Gasteiger charge is 2.37. The zero-order chi connectivity index (χ0) is 25.3. The van der Waals surface area contributed by atoms with Gasteiger partial charge in [0.25, 0.3) is 0 Å². The van der Waals surface area contributed by atoms with Gasteiger partial charge < -0.3 is 14.2 Å². The van der Waals surface area contributed by atoms with E-state index in [2.05, 4.69) is 6.58 Å². The lowest BCUT2D eigenvalue weighted by molar-refractivity contribution is 0.0622. The Kier molecular flexibility index (Phi) is 10.2. The standard InChI is InChI=1S/C28H39NO5S/c1-5-6-22(2)28(19-23-15-17-34-18-16-23)35(30,31)29(20-24-7-11-26(32-3)12-8-24)21-25-9-13-27(33-4)14-10-25/h5,7-14,22-23,28H,1,6,15-21H2,2-4H3/t22-,28+/m1/s1. The molecule has 0 radical (unpaired) electrons. The molecule has 0 bridgehead atoms. The van der Waals surface area contributed by atoms with E-state index in [0.29, 0.717) is 45.1 Å². The molecule has 1 heterocycles. The Balaban J connectivity index is 1.93. The molecule has 1 aliphatic rings. The van der Waals surface area contributed by atoms with E-state index in [9.17, 15) is 8.42 Å². The van der Waals surface area contributed by atoms with Crippen LogP contribution in [0.2, 0.25) is 0 Å². The Morgan fingerprint density at radius 1 is 0.971 bits per heavy atom. The molecule has 3 rings (SSSR count). The average Bonchev–Trinajstić information content (AvgIpc) is 2.88. The number of ether oxygens (including phenoxy) is 3. The van der Waals surface area contributed by atoms with Crippen LogP contribution in [-0.4, -0.2) is 45.4 Å². The second-order valence-electron chi connectivity index (χ2n) is 9.34. The summed E-state index contributed by atoms with van der Waals surface area (Å²) in [5, 5.41) is -0.486. The molecule has 2 aromatic carbocycles. The summed E-state index contributed by atoms with van der Waals surface area (Å²) in [6, 6.07) is 15.2. The van der Waals surface area contributed by atoms with Gasteiger partial charge in [0.2, 0.25) is 10.0 Å². The Morgan fingerprint density at radius 2 is 1.46 bits per heavy atom. The van der Waals surface area contributed by atoms with E-state index in [1.807, 2.05) is 61.5 Å². The zero-order valence-electron chi connectivity index (χ0n) is 21.2. The van der Waals surface area contributed by atoms with E-state index in [-0.39, 0.29) is 5.92 Å². The van der Waals surface area contributed by atoms with Gasteiger partial charge in [-0.3, -0.25) is 0 Å². The van der Waals surface area contributed by atoms with Crippen molar-refractivity contribution in [1.82, 2.24) is 4.31 Å². The Labute approximate surface area is 210 Å². The first-order chi connectivity index (χ1) is 16.9. The van der Waals surface area contributed by atoms with Gasteiger partial charge in [0.1, 0.15) is 11.5 Å². The number of benzene rings is 2. The van der Waals surface area contributed by atoms with E-state index >= 15 is 0 Å². The minimum Gasteiger partial charge on any atom is -0.497 e. The fourth-order valence-electron chi connectivity index (χ4n) is 4.67. The summed E-state index contributed by atoms with van der Waals surface area (Å²) in [6.07, 6.45) is 4.94. The number of rotatable bonds is 13. The fourth-order valence-corrected chi connectivity index (χ4v) is 6.92. The van der Waals surface area contributed by atoms with Crippen molar-refractivity contribution in [1.29, 1.82) is 0 Å². The molecule has 1 fully saturated rings. The SMILES string of the molecule is C=CC[C@@H](C)[C@H](CC1CCOCC1)S(=O)(=O)N(Cc1ccc(OC)cc1)Cc1ccc(OC)cc1. The molecule has 35 heavy (non-hydrogen) atoms. The number of hydrogen-bond acceptors (Lipinski definition) is 5. The number of allylic oxidation sites excluding steroid dienone is 1. The molecular weight excluding hydrogens is 462 g/mol. The third-order valence-electron chi connectivity index (χ3n) is 6.86. The van der Waals surface area contributed by atoms with Gasteiger partial charge in [-0.1, -0.05) is 37.3 Å². The monoisotopic (exact) mass is 501 g/mol. The van der Waals surface area contributed by atoms with Gasteiger partial charge in [-0.25, -0.2) is 8.42 Å². The third kappa shape index (κ3) is 7.56. The van der Waals surface area contributed by atoms with E-state index in [4.69, 9.17) is 14.2 Å². The molecule has 0 spiro atoms. The molecule has 0 unspecified atom stereocenters. The quantitative estimate of drug-likeness (QED) is 0.342. The predicted octanol–water partition coefficient (Wildman–Crippen LogP) is 5.43. The molecule has 2 aromatic rings. The minimum atomic E-state index is -3.63. The molecule has 0 N–H and O–H groups in total. The lowest BCUT2D eigenvalue weighted by atomic mass is 9.89. The van der Waals surface area contributed by atoms with E-state index < -0.39 is 15.3 Å². The summed E-state index contributed by atoms with van der Waals surface area (Å²) >= 11 is 0. The van der Waals surface area contributed by atoms with Crippen LogP contribution in [0.25, 0.3) is 0 Å². The first kappa shape index (κ1) is 27.2. The second kappa shape index (κ2) is 13.1. The predicted molar refractivity (Wildman–Crippen MR) is 140 cm³/mol. The Hall–Kier alpha value is -2.35. The number of nitrogens with zero attached hydrogens (tertiary/aromatic N) is 1. The van der Waals surface area contributed by atoms with Crippen molar-refractivity contribution in [2.75, 3.05) is 27.4 Å². The van der Waals surface area contributed by atoms with Crippen LogP contribution in [0.4, 0.5) is 0 Å². The van der Waals surface area contributed by atoms with E-state index in [0.717, 1.165) is 35.5 Å². The summed E-state index contributed by atoms with van der Waals surface area (Å²) in [5.41, 5.74) is 1.84. The molecular formula is C28H39NO5S. The van der Waals surface area contributed by atoms with Gasteiger partial charge in [0.05, 0.1) is 19.5 Å². The minimum absolute atomic E-state index is 0.0328. The molecule has 7 heteroatoms. The Bertz CT molecular complexity index is 965. The van der Waals surface area contributed by atoms with Crippen LogP contribution in [0.1, 0.15) is 43.7 Å². The summed E-state index contributed by atoms with van der Waals surface area (Å²) in [6.45, 7) is 7.90. The van der Waals surface area contributed by atoms with Crippen LogP contribution in [0.5, 0.6) is 11.5 Å². The highest BCUT2D eigenvalue weighted by Crippen LogP contribution is 2.32. The lowest BCUT2D eigenvalue weighted by Crippen LogP contribution is -2.42. The van der Waals surface area contributed by atoms with Crippen LogP contribution in [0.3, 0.4) is 0 Å². The van der Waals surface area contributed by atoms with E-state index in [1.54, 1.807) is 18.5 Å². The van der Waals surface area contributed by atoms with Crippen molar-refractivity contribution < 1.29 is 22.6 Å². The third-order valence-corrected chi connectivity index (χ3v) is 9.26. The summed E-state index contributed by atoms with van der Waals surface area (Å²) < 4.78 is 46.3. The smallest absolute Gasteiger partial charge is 0.217 e. The van der Waals surface area contributed by atoms with Crippen molar-refractivity contribution in [2.24, 2.45) is 11.8 Å². The highest BCUT2D eigenvalue weighted by molar-refractivity contribution is 7.89. The van der Waals surface area contributed by atoms with Crippen LogP contribution < -0.4 is 9.47 Å². The molecule has 6 nitrogen and oxygen atoms in total. The van der Waals surface area contributed by atoms with Crippen LogP contribution in [0, 0.1) is 11.8 Å². The largest absolute Gasteiger partial charge is 0.497 e. The molecule has 1 aliphatic heterocycles.